The van der Waals surface area contributed by atoms with Crippen molar-refractivity contribution in [1.29, 1.82) is 10.5 Å². The average Bonchev–Trinajstić information content (AvgIpc) is 2.27. The van der Waals surface area contributed by atoms with Gasteiger partial charge in [-0.25, -0.2) is 0 Å². The monoisotopic (exact) mass is 178 g/mol. The van der Waals surface area contributed by atoms with Crippen LogP contribution in [0.1, 0.15) is 11.1 Å². The molecule has 0 heterocycles. The van der Waals surface area contributed by atoms with Crippen LogP contribution < -0.4 is 0 Å². The predicted octanol–water partition coefficient (Wildman–Crippen LogP) is 2.58. The van der Waals surface area contributed by atoms with E-state index in [1.165, 1.54) is 0 Å². The maximum Gasteiger partial charge on any atom is 0.0998 e. The number of rotatable bonds is 0. The van der Waals surface area contributed by atoms with Crippen LogP contribution in [0.5, 0.6) is 0 Å². The molecular formula is C12H6N2. The van der Waals surface area contributed by atoms with Crippen molar-refractivity contribution >= 4 is 10.8 Å². The van der Waals surface area contributed by atoms with E-state index in [1.54, 1.807) is 12.1 Å². The van der Waals surface area contributed by atoms with E-state index < -0.39 is 0 Å². The van der Waals surface area contributed by atoms with Gasteiger partial charge in [-0.05, 0) is 17.5 Å². The van der Waals surface area contributed by atoms with E-state index in [0.29, 0.717) is 11.1 Å². The van der Waals surface area contributed by atoms with Crippen molar-refractivity contribution in [1.82, 2.24) is 0 Å². The van der Waals surface area contributed by atoms with E-state index in [4.69, 9.17) is 10.5 Å². The van der Waals surface area contributed by atoms with Crippen molar-refractivity contribution in [2.75, 3.05) is 0 Å². The van der Waals surface area contributed by atoms with Crippen LogP contribution in [0.25, 0.3) is 10.8 Å². The molecular weight excluding hydrogens is 172 g/mol. The van der Waals surface area contributed by atoms with Crippen molar-refractivity contribution < 1.29 is 0 Å². The molecule has 14 heavy (non-hydrogen) atoms. The standard InChI is InChI=1S/C12H6N2/c13-7-10-5-1-3-9-4-2-6-11(8-14)12(9)10/h1-6H. The van der Waals surface area contributed by atoms with Crippen molar-refractivity contribution in [2.24, 2.45) is 0 Å². The minimum Gasteiger partial charge on any atom is -0.192 e. The van der Waals surface area contributed by atoms with Crippen LogP contribution in [0.2, 0.25) is 0 Å². The fourth-order valence-electron chi connectivity index (χ4n) is 1.53. The lowest BCUT2D eigenvalue weighted by molar-refractivity contribution is 1.48. The van der Waals surface area contributed by atoms with Crippen LogP contribution in [0, 0.1) is 22.7 Å². The first-order chi connectivity index (χ1) is 6.86. The molecule has 0 fully saturated rings. The molecule has 0 amide bonds. The normalized spacial score (nSPS) is 9.29. The SMILES string of the molecule is N#Cc1cccc2cccc(C#N)c12. The van der Waals surface area contributed by atoms with Crippen LogP contribution in [-0.4, -0.2) is 0 Å². The minimum absolute atomic E-state index is 0.555. The number of fused-ring (bicyclic) bond motifs is 1. The van der Waals surface area contributed by atoms with E-state index >= 15 is 0 Å². The molecule has 0 N–H and O–H groups in total. The molecule has 0 bridgehead atoms. The Kier molecular flexibility index (Phi) is 1.89. The van der Waals surface area contributed by atoms with Gasteiger partial charge in [0, 0.05) is 5.39 Å². The Morgan fingerprint density at radius 2 is 1.29 bits per heavy atom. The smallest absolute Gasteiger partial charge is 0.0998 e. The van der Waals surface area contributed by atoms with Gasteiger partial charge < -0.3 is 0 Å². The Hall–Kier alpha value is -2.32. The van der Waals surface area contributed by atoms with Crippen molar-refractivity contribution in [3.63, 3.8) is 0 Å². The van der Waals surface area contributed by atoms with Gasteiger partial charge in [0.1, 0.15) is 0 Å². The number of benzene rings is 2. The molecule has 2 heteroatoms. The van der Waals surface area contributed by atoms with Gasteiger partial charge in [-0.2, -0.15) is 10.5 Å². The Morgan fingerprint density at radius 3 is 1.71 bits per heavy atom. The quantitative estimate of drug-likeness (QED) is 0.622. The molecule has 2 rings (SSSR count). The largest absolute Gasteiger partial charge is 0.192 e. The summed E-state index contributed by atoms with van der Waals surface area (Å²) in [4.78, 5) is 0. The van der Waals surface area contributed by atoms with Crippen LogP contribution in [0.15, 0.2) is 36.4 Å². The highest BCUT2D eigenvalue weighted by molar-refractivity contribution is 5.92. The molecule has 0 spiro atoms. The van der Waals surface area contributed by atoms with Crippen molar-refractivity contribution in [3.8, 4) is 12.1 Å². The second-order valence-electron chi connectivity index (χ2n) is 2.93. The Balaban J connectivity index is 2.99. The van der Waals surface area contributed by atoms with Crippen molar-refractivity contribution in [3.05, 3.63) is 47.5 Å². The number of nitriles is 2. The van der Waals surface area contributed by atoms with Gasteiger partial charge in [-0.15, -0.1) is 0 Å². The van der Waals surface area contributed by atoms with E-state index in [2.05, 4.69) is 12.1 Å². The number of hydrogen-bond donors (Lipinski definition) is 0. The van der Waals surface area contributed by atoms with Gasteiger partial charge in [0.05, 0.1) is 23.3 Å². The summed E-state index contributed by atoms with van der Waals surface area (Å²) < 4.78 is 0. The highest BCUT2D eigenvalue weighted by Gasteiger charge is 2.04. The first kappa shape index (κ1) is 8.29. The second kappa shape index (κ2) is 3.20. The Labute approximate surface area is 81.6 Å². The number of nitrogens with zero attached hydrogens (tertiary/aromatic N) is 2. The summed E-state index contributed by atoms with van der Waals surface area (Å²) in [5, 5.41) is 19.5. The zero-order valence-electron chi connectivity index (χ0n) is 7.36. The van der Waals surface area contributed by atoms with Crippen LogP contribution in [0.4, 0.5) is 0 Å². The summed E-state index contributed by atoms with van der Waals surface area (Å²) >= 11 is 0. The van der Waals surface area contributed by atoms with Gasteiger partial charge in [-0.1, -0.05) is 24.3 Å². The zero-order valence-corrected chi connectivity index (χ0v) is 7.36. The minimum atomic E-state index is 0.555. The molecule has 64 valence electrons. The van der Waals surface area contributed by atoms with Crippen LogP contribution >= 0.6 is 0 Å². The maximum absolute atomic E-state index is 8.90. The van der Waals surface area contributed by atoms with Gasteiger partial charge in [0.2, 0.25) is 0 Å². The lowest BCUT2D eigenvalue weighted by Crippen LogP contribution is -1.83. The maximum atomic E-state index is 8.90. The summed E-state index contributed by atoms with van der Waals surface area (Å²) in [5.74, 6) is 0. The van der Waals surface area contributed by atoms with Crippen molar-refractivity contribution in [2.45, 2.75) is 0 Å². The topological polar surface area (TPSA) is 47.6 Å². The van der Waals surface area contributed by atoms with E-state index in [1.807, 2.05) is 24.3 Å². The molecule has 2 aromatic rings. The third-order valence-electron chi connectivity index (χ3n) is 2.15. The molecule has 0 aliphatic heterocycles. The molecule has 0 aliphatic carbocycles. The lowest BCUT2D eigenvalue weighted by Gasteiger charge is -2.00. The Bertz CT molecular complexity index is 522. The molecule has 0 aliphatic rings. The van der Waals surface area contributed by atoms with Gasteiger partial charge in [-0.3, -0.25) is 0 Å². The average molecular weight is 178 g/mol. The molecule has 0 aromatic heterocycles. The first-order valence-electron chi connectivity index (χ1n) is 4.19. The molecule has 0 saturated heterocycles. The molecule has 0 saturated carbocycles. The van der Waals surface area contributed by atoms with Crippen LogP contribution in [0.3, 0.4) is 0 Å². The third kappa shape index (κ3) is 1.11. The molecule has 2 aromatic carbocycles. The van der Waals surface area contributed by atoms with Gasteiger partial charge in [0.15, 0.2) is 0 Å². The summed E-state index contributed by atoms with van der Waals surface area (Å²) in [6, 6.07) is 15.1. The fraction of sp³-hybridized carbons (Fsp3) is 0. The zero-order chi connectivity index (χ0) is 9.97. The predicted molar refractivity (Wildman–Crippen MR) is 53.4 cm³/mol. The number of hydrogen-bond acceptors (Lipinski definition) is 2. The van der Waals surface area contributed by atoms with E-state index in [0.717, 1.165) is 10.8 Å². The lowest BCUT2D eigenvalue weighted by atomic mass is 10.0. The fourth-order valence-corrected chi connectivity index (χ4v) is 1.53. The van der Waals surface area contributed by atoms with Gasteiger partial charge >= 0.3 is 0 Å². The van der Waals surface area contributed by atoms with Gasteiger partial charge in [0.25, 0.3) is 0 Å². The summed E-state index contributed by atoms with van der Waals surface area (Å²) in [7, 11) is 0. The summed E-state index contributed by atoms with van der Waals surface area (Å²) in [6.07, 6.45) is 0. The van der Waals surface area contributed by atoms with E-state index in [-0.39, 0.29) is 0 Å². The highest BCUT2D eigenvalue weighted by Crippen LogP contribution is 2.21. The second-order valence-corrected chi connectivity index (χ2v) is 2.93. The third-order valence-corrected chi connectivity index (χ3v) is 2.15. The van der Waals surface area contributed by atoms with E-state index in [9.17, 15) is 0 Å². The molecule has 2 nitrogen and oxygen atoms in total. The Morgan fingerprint density at radius 1 is 0.786 bits per heavy atom. The first-order valence-corrected chi connectivity index (χ1v) is 4.19. The molecule has 0 unspecified atom stereocenters. The molecule has 0 radical (unpaired) electrons. The summed E-state index contributed by atoms with van der Waals surface area (Å²) in [6.45, 7) is 0. The van der Waals surface area contributed by atoms with Crippen LogP contribution in [-0.2, 0) is 0 Å². The molecule has 0 atom stereocenters. The highest BCUT2D eigenvalue weighted by atomic mass is 14.3. The summed E-state index contributed by atoms with van der Waals surface area (Å²) in [5.41, 5.74) is 1.11.